The van der Waals surface area contributed by atoms with Crippen molar-refractivity contribution < 1.29 is 4.43 Å². The summed E-state index contributed by atoms with van der Waals surface area (Å²) < 4.78 is 6.95. The first-order valence-corrected chi connectivity index (χ1v) is 13.7. The Morgan fingerprint density at radius 3 is 2.19 bits per heavy atom. The van der Waals surface area contributed by atoms with Gasteiger partial charge in [-0.15, -0.1) is 0 Å². The molecule has 0 saturated heterocycles. The minimum absolute atomic E-state index is 0.181. The summed E-state index contributed by atoms with van der Waals surface area (Å²) in [5.41, 5.74) is 1.84. The van der Waals surface area contributed by atoms with Crippen LogP contribution in [0.15, 0.2) is 24.3 Å². The maximum absolute atomic E-state index is 6.95. The van der Waals surface area contributed by atoms with Crippen molar-refractivity contribution in [3.8, 4) is 0 Å². The SMILES string of the molecule is CC[Si](CC)(CC)OC(CCC1C[C@@H]2[C@H](C1)C2(C)C)c1ccccc1Cl. The topological polar surface area (TPSA) is 9.23 Å². The van der Waals surface area contributed by atoms with Gasteiger partial charge in [-0.25, -0.2) is 0 Å². The molecule has 0 bridgehead atoms. The average Bonchev–Trinajstić information content (AvgIpc) is 2.99. The third-order valence-electron chi connectivity index (χ3n) is 7.88. The van der Waals surface area contributed by atoms with Gasteiger partial charge in [0.05, 0.1) is 6.10 Å². The maximum atomic E-state index is 6.95. The summed E-state index contributed by atoms with van der Waals surface area (Å²) >= 11 is 6.58. The van der Waals surface area contributed by atoms with E-state index in [4.69, 9.17) is 16.0 Å². The summed E-state index contributed by atoms with van der Waals surface area (Å²) in [5.74, 6) is 2.87. The minimum atomic E-state index is -1.65. The molecule has 2 aliphatic carbocycles. The van der Waals surface area contributed by atoms with Crippen LogP contribution in [0.5, 0.6) is 0 Å². The molecule has 2 fully saturated rings. The van der Waals surface area contributed by atoms with Crippen LogP contribution in [0.4, 0.5) is 0 Å². The van der Waals surface area contributed by atoms with E-state index in [0.717, 1.165) is 29.2 Å². The molecule has 1 nitrogen and oxygen atoms in total. The van der Waals surface area contributed by atoms with Gasteiger partial charge in [-0.05, 0) is 78.6 Å². The summed E-state index contributed by atoms with van der Waals surface area (Å²) in [6, 6.07) is 11.9. The monoisotopic (exact) mass is 392 g/mol. The third-order valence-corrected chi connectivity index (χ3v) is 12.9. The van der Waals surface area contributed by atoms with E-state index in [1.54, 1.807) is 0 Å². The Hall–Kier alpha value is -0.313. The van der Waals surface area contributed by atoms with Crippen LogP contribution in [0.1, 0.15) is 72.0 Å². The van der Waals surface area contributed by atoms with Gasteiger partial charge < -0.3 is 4.43 Å². The standard InChI is InChI=1S/C23H37ClOSi/c1-6-26(7-2,8-3)25-22(18-11-9-10-12-21(18)24)14-13-17-15-19-20(16-17)23(19,4)5/h9-12,17,19-20,22H,6-8,13-16H2,1-5H3/t17?,19-,20+,22?. The molecule has 0 aromatic heterocycles. The first kappa shape index (κ1) is 20.4. The highest BCUT2D eigenvalue weighted by Gasteiger charge is 2.61. The molecule has 26 heavy (non-hydrogen) atoms. The van der Waals surface area contributed by atoms with Gasteiger partial charge in [-0.3, -0.25) is 0 Å². The second-order valence-electron chi connectivity index (χ2n) is 9.32. The summed E-state index contributed by atoms with van der Waals surface area (Å²) in [7, 11) is -1.65. The van der Waals surface area contributed by atoms with E-state index >= 15 is 0 Å². The number of halogens is 1. The lowest BCUT2D eigenvalue weighted by Gasteiger charge is -2.34. The van der Waals surface area contributed by atoms with Crippen LogP contribution in [0.2, 0.25) is 23.2 Å². The highest BCUT2D eigenvalue weighted by molar-refractivity contribution is 6.73. The number of benzene rings is 1. The zero-order valence-electron chi connectivity index (χ0n) is 17.4. The highest BCUT2D eigenvalue weighted by atomic mass is 35.5. The van der Waals surface area contributed by atoms with Gasteiger partial charge in [0.2, 0.25) is 0 Å². The van der Waals surface area contributed by atoms with Gasteiger partial charge in [0.1, 0.15) is 0 Å². The highest BCUT2D eigenvalue weighted by Crippen LogP contribution is 2.68. The minimum Gasteiger partial charge on any atom is -0.410 e. The summed E-state index contributed by atoms with van der Waals surface area (Å²) in [4.78, 5) is 0. The van der Waals surface area contributed by atoms with E-state index < -0.39 is 8.32 Å². The van der Waals surface area contributed by atoms with E-state index in [1.165, 1.54) is 43.0 Å². The van der Waals surface area contributed by atoms with E-state index in [2.05, 4.69) is 46.8 Å². The number of fused-ring (bicyclic) bond motifs is 1. The normalized spacial score (nSPS) is 28.0. The molecule has 4 atom stereocenters. The van der Waals surface area contributed by atoms with E-state index in [-0.39, 0.29) is 6.10 Å². The predicted molar refractivity (Wildman–Crippen MR) is 115 cm³/mol. The third kappa shape index (κ3) is 3.93. The van der Waals surface area contributed by atoms with Gasteiger partial charge in [-0.2, -0.15) is 0 Å². The lowest BCUT2D eigenvalue weighted by atomic mass is 9.88. The van der Waals surface area contributed by atoms with E-state index in [0.29, 0.717) is 5.41 Å². The van der Waals surface area contributed by atoms with Crippen LogP contribution in [0, 0.1) is 23.2 Å². The Bertz CT molecular complexity index is 588. The van der Waals surface area contributed by atoms with E-state index in [9.17, 15) is 0 Å². The molecule has 146 valence electrons. The summed E-state index contributed by atoms with van der Waals surface area (Å²) in [6.07, 6.45) is 5.47. The van der Waals surface area contributed by atoms with Crippen LogP contribution in [-0.4, -0.2) is 8.32 Å². The van der Waals surface area contributed by atoms with Gasteiger partial charge in [0, 0.05) is 5.02 Å². The molecule has 2 unspecified atom stereocenters. The fourth-order valence-corrected chi connectivity index (χ4v) is 8.65. The molecule has 0 aliphatic heterocycles. The Morgan fingerprint density at radius 2 is 1.65 bits per heavy atom. The smallest absolute Gasteiger partial charge is 0.192 e. The number of rotatable bonds is 9. The van der Waals surface area contributed by atoms with Crippen molar-refractivity contribution in [2.24, 2.45) is 23.2 Å². The Labute approximate surface area is 167 Å². The molecule has 0 radical (unpaired) electrons. The molecule has 0 amide bonds. The lowest BCUT2D eigenvalue weighted by Crippen LogP contribution is -2.37. The molecule has 0 heterocycles. The molecule has 2 aliphatic rings. The molecular weight excluding hydrogens is 356 g/mol. The van der Waals surface area contributed by atoms with Crippen molar-refractivity contribution in [1.29, 1.82) is 0 Å². The van der Waals surface area contributed by atoms with Crippen LogP contribution in [-0.2, 0) is 4.43 Å². The first-order valence-electron chi connectivity index (χ1n) is 10.8. The largest absolute Gasteiger partial charge is 0.410 e. The lowest BCUT2D eigenvalue weighted by molar-refractivity contribution is 0.165. The van der Waals surface area contributed by atoms with Crippen molar-refractivity contribution in [1.82, 2.24) is 0 Å². The second-order valence-corrected chi connectivity index (χ2v) is 14.5. The van der Waals surface area contributed by atoms with Crippen LogP contribution in [0.3, 0.4) is 0 Å². The molecule has 0 N–H and O–H groups in total. The number of hydrogen-bond donors (Lipinski definition) is 0. The van der Waals surface area contributed by atoms with Crippen molar-refractivity contribution in [2.45, 2.75) is 84.5 Å². The molecular formula is C23H37ClOSi. The average molecular weight is 393 g/mol. The predicted octanol–water partition coefficient (Wildman–Crippen LogP) is 7.87. The molecule has 0 spiro atoms. The van der Waals surface area contributed by atoms with Crippen molar-refractivity contribution in [2.75, 3.05) is 0 Å². The quantitative estimate of drug-likeness (QED) is 0.388. The zero-order chi connectivity index (χ0) is 18.9. The van der Waals surface area contributed by atoms with Gasteiger partial charge in [0.25, 0.3) is 0 Å². The maximum Gasteiger partial charge on any atom is 0.192 e. The van der Waals surface area contributed by atoms with E-state index in [1.807, 2.05) is 12.1 Å². The fraction of sp³-hybridized carbons (Fsp3) is 0.739. The first-order chi connectivity index (χ1) is 12.4. The Morgan fingerprint density at radius 1 is 1.08 bits per heavy atom. The fourth-order valence-electron chi connectivity index (χ4n) is 5.55. The van der Waals surface area contributed by atoms with Gasteiger partial charge in [-0.1, -0.05) is 64.4 Å². The molecule has 3 heteroatoms. The second kappa shape index (κ2) is 7.97. The summed E-state index contributed by atoms with van der Waals surface area (Å²) in [6.45, 7) is 11.9. The Kier molecular flexibility index (Phi) is 6.26. The van der Waals surface area contributed by atoms with Crippen molar-refractivity contribution >= 4 is 19.9 Å². The molecule has 1 aromatic carbocycles. The molecule has 2 saturated carbocycles. The molecule has 3 rings (SSSR count). The van der Waals surface area contributed by atoms with Crippen molar-refractivity contribution in [3.63, 3.8) is 0 Å². The Balaban J connectivity index is 1.69. The van der Waals surface area contributed by atoms with Crippen LogP contribution >= 0.6 is 11.6 Å². The zero-order valence-corrected chi connectivity index (χ0v) is 19.1. The molecule has 1 aromatic rings. The van der Waals surface area contributed by atoms with Crippen LogP contribution < -0.4 is 0 Å². The van der Waals surface area contributed by atoms with Gasteiger partial charge >= 0.3 is 0 Å². The summed E-state index contributed by atoms with van der Waals surface area (Å²) in [5, 5.41) is 0.874. The van der Waals surface area contributed by atoms with Gasteiger partial charge in [0.15, 0.2) is 8.32 Å². The number of hydrogen-bond acceptors (Lipinski definition) is 1. The van der Waals surface area contributed by atoms with Crippen LogP contribution in [0.25, 0.3) is 0 Å². The van der Waals surface area contributed by atoms with Crippen molar-refractivity contribution in [3.05, 3.63) is 34.9 Å².